The fraction of sp³-hybridized carbons (Fsp3) is 0.250. The van der Waals surface area contributed by atoms with Crippen molar-refractivity contribution in [3.05, 3.63) is 47.1 Å². The minimum atomic E-state index is -0.277. The molecule has 0 aliphatic heterocycles. The van der Waals surface area contributed by atoms with Crippen LogP contribution in [0.15, 0.2) is 36.5 Å². The lowest BCUT2D eigenvalue weighted by atomic mass is 10.1. The number of allylic oxidation sites excluding steroid dienone is 1. The quantitative estimate of drug-likeness (QED) is 0.795. The molecule has 0 aromatic heterocycles. The van der Waals surface area contributed by atoms with Gasteiger partial charge in [0, 0.05) is 16.3 Å². The molecule has 0 bridgehead atoms. The number of carbonyl (C=O) groups excluding carboxylic acids is 1. The maximum atomic E-state index is 11.9. The van der Waals surface area contributed by atoms with Crippen molar-refractivity contribution in [3.8, 4) is 0 Å². The molecule has 15 heavy (non-hydrogen) atoms. The molecule has 80 valence electrons. The molecule has 0 fully saturated rings. The number of carbonyl (C=O) groups is 1. The fourth-order valence-electron chi connectivity index (χ4n) is 1.33. The van der Waals surface area contributed by atoms with Crippen LogP contribution >= 0.6 is 11.6 Å². The number of halogens is 1. The largest absolute Gasteiger partial charge is 0.379 e. The van der Waals surface area contributed by atoms with E-state index < -0.39 is 0 Å². The van der Waals surface area contributed by atoms with E-state index in [9.17, 15) is 4.79 Å². The van der Waals surface area contributed by atoms with Gasteiger partial charge < -0.3 is 5.32 Å². The molecule has 0 amide bonds. The number of benzene rings is 1. The number of Topliss-reactive ketones (excluding diaryl/α,β-unsaturated/α-hetero) is 1. The Morgan fingerprint density at radius 1 is 1.53 bits per heavy atom. The van der Waals surface area contributed by atoms with Gasteiger partial charge in [-0.05, 0) is 26.0 Å². The van der Waals surface area contributed by atoms with Crippen LogP contribution in [0, 0.1) is 0 Å². The zero-order valence-corrected chi connectivity index (χ0v) is 9.64. The van der Waals surface area contributed by atoms with Crippen LogP contribution in [0.1, 0.15) is 24.2 Å². The lowest BCUT2D eigenvalue weighted by Crippen LogP contribution is -2.32. The molecule has 0 saturated carbocycles. The fourth-order valence-corrected chi connectivity index (χ4v) is 1.52. The Kier molecular flexibility index (Phi) is 3.92. The van der Waals surface area contributed by atoms with Gasteiger partial charge in [0.25, 0.3) is 0 Å². The van der Waals surface area contributed by atoms with Gasteiger partial charge in [-0.15, -0.1) is 0 Å². The zero-order valence-electron chi connectivity index (χ0n) is 8.88. The van der Waals surface area contributed by atoms with E-state index in [4.69, 9.17) is 11.6 Å². The SMILES string of the molecule is C=C(C)NC(C)C(=O)c1cccc(Cl)c1. The van der Waals surface area contributed by atoms with E-state index in [0.29, 0.717) is 10.6 Å². The molecule has 0 spiro atoms. The second-order valence-corrected chi connectivity index (χ2v) is 3.96. The molecule has 1 aromatic carbocycles. The molecular formula is C12H14ClNO. The molecular weight excluding hydrogens is 210 g/mol. The molecule has 0 radical (unpaired) electrons. The Morgan fingerprint density at radius 2 is 2.20 bits per heavy atom. The van der Waals surface area contributed by atoms with E-state index in [1.165, 1.54) is 0 Å². The summed E-state index contributed by atoms with van der Waals surface area (Å²) in [5, 5.41) is 3.55. The molecule has 2 nitrogen and oxygen atoms in total. The van der Waals surface area contributed by atoms with Crippen molar-refractivity contribution >= 4 is 17.4 Å². The molecule has 0 aliphatic carbocycles. The highest BCUT2D eigenvalue weighted by molar-refractivity contribution is 6.31. The molecule has 0 heterocycles. The summed E-state index contributed by atoms with van der Waals surface area (Å²) in [5.41, 5.74) is 1.39. The number of rotatable bonds is 4. The molecule has 3 heteroatoms. The predicted octanol–water partition coefficient (Wildman–Crippen LogP) is 3.03. The summed E-state index contributed by atoms with van der Waals surface area (Å²) in [6.45, 7) is 7.32. The van der Waals surface area contributed by atoms with Gasteiger partial charge in [0.15, 0.2) is 5.78 Å². The minimum Gasteiger partial charge on any atom is -0.379 e. The third-order valence-electron chi connectivity index (χ3n) is 1.97. The van der Waals surface area contributed by atoms with Gasteiger partial charge in [0.2, 0.25) is 0 Å². The zero-order chi connectivity index (χ0) is 11.4. The van der Waals surface area contributed by atoms with Crippen molar-refractivity contribution in [1.82, 2.24) is 5.32 Å². The maximum absolute atomic E-state index is 11.9. The van der Waals surface area contributed by atoms with Crippen LogP contribution in [-0.2, 0) is 0 Å². The summed E-state index contributed by atoms with van der Waals surface area (Å²) in [5.74, 6) is 0.0144. The Labute approximate surface area is 94.9 Å². The first-order valence-electron chi connectivity index (χ1n) is 4.72. The highest BCUT2D eigenvalue weighted by Crippen LogP contribution is 2.12. The van der Waals surface area contributed by atoms with Gasteiger partial charge in [0.05, 0.1) is 6.04 Å². The number of nitrogens with one attached hydrogen (secondary N) is 1. The molecule has 1 atom stereocenters. The Morgan fingerprint density at radius 3 is 2.73 bits per heavy atom. The monoisotopic (exact) mass is 223 g/mol. The molecule has 1 N–H and O–H groups in total. The highest BCUT2D eigenvalue weighted by atomic mass is 35.5. The van der Waals surface area contributed by atoms with E-state index in [0.717, 1.165) is 5.70 Å². The second kappa shape index (κ2) is 4.99. The van der Waals surface area contributed by atoms with E-state index in [-0.39, 0.29) is 11.8 Å². The lowest BCUT2D eigenvalue weighted by molar-refractivity contribution is 0.0956. The lowest BCUT2D eigenvalue weighted by Gasteiger charge is -2.13. The van der Waals surface area contributed by atoms with Crippen molar-refractivity contribution in [3.63, 3.8) is 0 Å². The normalized spacial score (nSPS) is 11.9. The topological polar surface area (TPSA) is 29.1 Å². The van der Waals surface area contributed by atoms with E-state index in [1.807, 2.05) is 6.92 Å². The van der Waals surface area contributed by atoms with Crippen LogP contribution in [0.25, 0.3) is 0 Å². The Balaban J connectivity index is 2.80. The van der Waals surface area contributed by atoms with E-state index in [2.05, 4.69) is 11.9 Å². The molecule has 0 aliphatic rings. The van der Waals surface area contributed by atoms with Crippen LogP contribution in [0.2, 0.25) is 5.02 Å². The smallest absolute Gasteiger partial charge is 0.184 e. The highest BCUT2D eigenvalue weighted by Gasteiger charge is 2.14. The standard InChI is InChI=1S/C12H14ClNO/c1-8(2)14-9(3)12(15)10-5-4-6-11(13)7-10/h4-7,9,14H,1H2,2-3H3. The molecule has 0 saturated heterocycles. The number of hydrogen-bond donors (Lipinski definition) is 1. The first kappa shape index (κ1) is 11.8. The van der Waals surface area contributed by atoms with Crippen LogP contribution in [-0.4, -0.2) is 11.8 Å². The number of hydrogen-bond acceptors (Lipinski definition) is 2. The van der Waals surface area contributed by atoms with Crippen molar-refractivity contribution < 1.29 is 4.79 Å². The van der Waals surface area contributed by atoms with Crippen molar-refractivity contribution in [2.45, 2.75) is 19.9 Å². The Bertz CT molecular complexity index is 387. The van der Waals surface area contributed by atoms with Crippen LogP contribution in [0.4, 0.5) is 0 Å². The minimum absolute atomic E-state index is 0.0144. The van der Waals surface area contributed by atoms with Crippen LogP contribution < -0.4 is 5.32 Å². The summed E-state index contributed by atoms with van der Waals surface area (Å²) in [6, 6.07) is 6.66. The van der Waals surface area contributed by atoms with Crippen LogP contribution in [0.3, 0.4) is 0 Å². The summed E-state index contributed by atoms with van der Waals surface area (Å²) < 4.78 is 0. The van der Waals surface area contributed by atoms with Crippen molar-refractivity contribution in [2.75, 3.05) is 0 Å². The van der Waals surface area contributed by atoms with Gasteiger partial charge >= 0.3 is 0 Å². The third-order valence-corrected chi connectivity index (χ3v) is 2.20. The summed E-state index contributed by atoms with van der Waals surface area (Å²) in [4.78, 5) is 11.9. The first-order valence-corrected chi connectivity index (χ1v) is 5.10. The van der Waals surface area contributed by atoms with Gasteiger partial charge in [0.1, 0.15) is 0 Å². The summed E-state index contributed by atoms with van der Waals surface area (Å²) >= 11 is 5.81. The van der Waals surface area contributed by atoms with Gasteiger partial charge in [-0.25, -0.2) is 0 Å². The van der Waals surface area contributed by atoms with Crippen molar-refractivity contribution in [2.24, 2.45) is 0 Å². The van der Waals surface area contributed by atoms with E-state index >= 15 is 0 Å². The van der Waals surface area contributed by atoms with Crippen LogP contribution in [0.5, 0.6) is 0 Å². The van der Waals surface area contributed by atoms with Crippen molar-refractivity contribution in [1.29, 1.82) is 0 Å². The van der Waals surface area contributed by atoms with Gasteiger partial charge in [-0.3, -0.25) is 4.79 Å². The van der Waals surface area contributed by atoms with Gasteiger partial charge in [-0.1, -0.05) is 30.3 Å². The maximum Gasteiger partial charge on any atom is 0.184 e. The molecule has 1 aromatic rings. The second-order valence-electron chi connectivity index (χ2n) is 3.52. The predicted molar refractivity (Wildman–Crippen MR) is 63.2 cm³/mol. The molecule has 1 rings (SSSR count). The summed E-state index contributed by atoms with van der Waals surface area (Å²) in [7, 11) is 0. The average molecular weight is 224 g/mol. The van der Waals surface area contributed by atoms with E-state index in [1.54, 1.807) is 31.2 Å². The van der Waals surface area contributed by atoms with Gasteiger partial charge in [-0.2, -0.15) is 0 Å². The third kappa shape index (κ3) is 3.40. The average Bonchev–Trinajstić information content (AvgIpc) is 2.15. The summed E-state index contributed by atoms with van der Waals surface area (Å²) in [6.07, 6.45) is 0. The molecule has 1 unspecified atom stereocenters. The number of ketones is 1. The Hall–Kier alpha value is -1.28. The first-order chi connectivity index (χ1) is 7.00.